The minimum Gasteiger partial charge on any atom is -0.490 e. The Labute approximate surface area is 193 Å². The van der Waals surface area contributed by atoms with Gasteiger partial charge in [0.15, 0.2) is 6.61 Å². The predicted molar refractivity (Wildman–Crippen MR) is 124 cm³/mol. The van der Waals surface area contributed by atoms with E-state index in [4.69, 9.17) is 9.47 Å². The monoisotopic (exact) mass is 457 g/mol. The number of rotatable bonds is 9. The molecule has 0 spiro atoms. The van der Waals surface area contributed by atoms with Crippen molar-refractivity contribution in [3.8, 4) is 11.5 Å². The molecule has 0 aliphatic heterocycles. The van der Waals surface area contributed by atoms with Gasteiger partial charge in [0, 0.05) is 24.2 Å². The van der Waals surface area contributed by atoms with Crippen LogP contribution in [0.5, 0.6) is 11.5 Å². The maximum absolute atomic E-state index is 13.1. The number of nitrogens with zero attached hydrogens (tertiary/aromatic N) is 2. The Morgan fingerprint density at radius 3 is 2.45 bits per heavy atom. The fourth-order valence-corrected chi connectivity index (χ4v) is 3.19. The standard InChI is InChI=1S/C24H31N3O6/c1-16-8-7-9-18(12-16)14-26(17(2)23(29)25-24(3,4)5)22(28)15-33-19-10-11-20(27(30)31)21(13-19)32-6/h7-13,17H,14-15H2,1-6H3,(H,25,29)/t17-/m0/s1. The van der Waals surface area contributed by atoms with Gasteiger partial charge in [-0.1, -0.05) is 29.8 Å². The van der Waals surface area contributed by atoms with Crippen molar-refractivity contribution >= 4 is 17.5 Å². The van der Waals surface area contributed by atoms with Crippen molar-refractivity contribution < 1.29 is 24.0 Å². The fourth-order valence-electron chi connectivity index (χ4n) is 3.19. The van der Waals surface area contributed by atoms with Gasteiger partial charge in [0.05, 0.1) is 12.0 Å². The fraction of sp³-hybridized carbons (Fsp3) is 0.417. The van der Waals surface area contributed by atoms with Crippen molar-refractivity contribution in [2.24, 2.45) is 0 Å². The third-order valence-corrected chi connectivity index (χ3v) is 4.81. The molecule has 2 aromatic rings. The quantitative estimate of drug-likeness (QED) is 0.455. The molecule has 1 N–H and O–H groups in total. The molecule has 9 heteroatoms. The number of hydrogen-bond donors (Lipinski definition) is 1. The van der Waals surface area contributed by atoms with Gasteiger partial charge in [-0.25, -0.2) is 0 Å². The number of carbonyl (C=O) groups excluding carboxylic acids is 2. The lowest BCUT2D eigenvalue weighted by atomic mass is 10.1. The molecule has 2 rings (SSSR count). The summed E-state index contributed by atoms with van der Waals surface area (Å²) in [7, 11) is 1.32. The van der Waals surface area contributed by atoms with E-state index in [0.717, 1.165) is 11.1 Å². The molecule has 0 radical (unpaired) electrons. The highest BCUT2D eigenvalue weighted by Crippen LogP contribution is 2.30. The van der Waals surface area contributed by atoms with Crippen LogP contribution in [-0.4, -0.2) is 46.9 Å². The van der Waals surface area contributed by atoms with E-state index in [9.17, 15) is 19.7 Å². The van der Waals surface area contributed by atoms with Gasteiger partial charge in [-0.3, -0.25) is 19.7 Å². The lowest BCUT2D eigenvalue weighted by Crippen LogP contribution is -2.53. The van der Waals surface area contributed by atoms with Crippen molar-refractivity contribution in [1.82, 2.24) is 10.2 Å². The third kappa shape index (κ3) is 7.48. The first-order valence-corrected chi connectivity index (χ1v) is 10.5. The Morgan fingerprint density at radius 2 is 1.88 bits per heavy atom. The van der Waals surface area contributed by atoms with Crippen LogP contribution in [0.4, 0.5) is 5.69 Å². The molecule has 2 aromatic carbocycles. The summed E-state index contributed by atoms with van der Waals surface area (Å²) in [5.74, 6) is -0.404. The molecule has 9 nitrogen and oxygen atoms in total. The summed E-state index contributed by atoms with van der Waals surface area (Å²) in [6.07, 6.45) is 0. The SMILES string of the molecule is COc1cc(OCC(=O)N(Cc2cccc(C)c2)[C@@H](C)C(=O)NC(C)(C)C)ccc1[N+](=O)[O-]. The van der Waals surface area contributed by atoms with E-state index in [2.05, 4.69) is 5.32 Å². The second kappa shape index (κ2) is 10.8. The summed E-state index contributed by atoms with van der Waals surface area (Å²) in [5.41, 5.74) is 1.27. The van der Waals surface area contributed by atoms with E-state index in [-0.39, 0.29) is 36.2 Å². The summed E-state index contributed by atoms with van der Waals surface area (Å²) in [4.78, 5) is 37.9. The highest BCUT2D eigenvalue weighted by molar-refractivity contribution is 5.88. The number of benzene rings is 2. The normalized spacial score (nSPS) is 11.9. The minimum absolute atomic E-state index is 0.0273. The summed E-state index contributed by atoms with van der Waals surface area (Å²) in [5, 5.41) is 14.0. The van der Waals surface area contributed by atoms with Gasteiger partial charge in [0.2, 0.25) is 11.7 Å². The molecule has 33 heavy (non-hydrogen) atoms. The zero-order valence-electron chi connectivity index (χ0n) is 19.9. The Balaban J connectivity index is 2.22. The van der Waals surface area contributed by atoms with Crippen LogP contribution in [-0.2, 0) is 16.1 Å². The van der Waals surface area contributed by atoms with Gasteiger partial charge in [-0.2, -0.15) is 0 Å². The number of nitro groups is 1. The minimum atomic E-state index is -0.743. The number of methoxy groups -OCH3 is 1. The van der Waals surface area contributed by atoms with Crippen molar-refractivity contribution in [3.63, 3.8) is 0 Å². The van der Waals surface area contributed by atoms with Crippen LogP contribution in [0.15, 0.2) is 42.5 Å². The van der Waals surface area contributed by atoms with Gasteiger partial charge in [-0.05, 0) is 46.2 Å². The molecule has 0 fully saturated rings. The Morgan fingerprint density at radius 1 is 1.18 bits per heavy atom. The van der Waals surface area contributed by atoms with Crippen LogP contribution in [0.3, 0.4) is 0 Å². The maximum atomic E-state index is 13.1. The topological polar surface area (TPSA) is 111 Å². The number of aryl methyl sites for hydroxylation is 1. The van der Waals surface area contributed by atoms with Gasteiger partial charge in [-0.15, -0.1) is 0 Å². The zero-order valence-corrected chi connectivity index (χ0v) is 19.9. The van der Waals surface area contributed by atoms with Gasteiger partial charge in [0.1, 0.15) is 11.8 Å². The van der Waals surface area contributed by atoms with E-state index in [1.807, 2.05) is 52.0 Å². The van der Waals surface area contributed by atoms with E-state index >= 15 is 0 Å². The van der Waals surface area contributed by atoms with Crippen LogP contribution >= 0.6 is 0 Å². The van der Waals surface area contributed by atoms with Crippen LogP contribution < -0.4 is 14.8 Å². The van der Waals surface area contributed by atoms with E-state index in [1.165, 1.54) is 30.2 Å². The highest BCUT2D eigenvalue weighted by Gasteiger charge is 2.29. The average Bonchev–Trinajstić information content (AvgIpc) is 2.73. The van der Waals surface area contributed by atoms with Crippen LogP contribution in [0.1, 0.15) is 38.8 Å². The summed E-state index contributed by atoms with van der Waals surface area (Å²) in [6.45, 7) is 9.12. The largest absolute Gasteiger partial charge is 0.490 e. The van der Waals surface area contributed by atoms with Gasteiger partial charge < -0.3 is 19.7 Å². The van der Waals surface area contributed by atoms with Crippen molar-refractivity contribution in [2.75, 3.05) is 13.7 Å². The van der Waals surface area contributed by atoms with Crippen molar-refractivity contribution in [2.45, 2.75) is 52.7 Å². The van der Waals surface area contributed by atoms with E-state index in [0.29, 0.717) is 0 Å². The lowest BCUT2D eigenvalue weighted by molar-refractivity contribution is -0.385. The summed E-state index contributed by atoms with van der Waals surface area (Å²) < 4.78 is 10.6. The predicted octanol–water partition coefficient (Wildman–Crippen LogP) is 3.62. The summed E-state index contributed by atoms with van der Waals surface area (Å²) in [6, 6.07) is 11.0. The lowest BCUT2D eigenvalue weighted by Gasteiger charge is -2.31. The summed E-state index contributed by atoms with van der Waals surface area (Å²) >= 11 is 0. The number of nitrogens with one attached hydrogen (secondary N) is 1. The second-order valence-corrected chi connectivity index (χ2v) is 8.81. The molecular formula is C24H31N3O6. The molecule has 0 saturated carbocycles. The van der Waals surface area contributed by atoms with Crippen LogP contribution in [0.2, 0.25) is 0 Å². The van der Waals surface area contributed by atoms with Gasteiger partial charge in [0.25, 0.3) is 5.91 Å². The first-order valence-electron chi connectivity index (χ1n) is 10.5. The van der Waals surface area contributed by atoms with Gasteiger partial charge >= 0.3 is 5.69 Å². The average molecular weight is 458 g/mol. The molecule has 1 atom stereocenters. The van der Waals surface area contributed by atoms with E-state index < -0.39 is 22.4 Å². The second-order valence-electron chi connectivity index (χ2n) is 8.81. The Hall–Kier alpha value is -3.62. The molecule has 0 aliphatic carbocycles. The third-order valence-electron chi connectivity index (χ3n) is 4.81. The molecule has 0 bridgehead atoms. The van der Waals surface area contributed by atoms with Crippen LogP contribution in [0.25, 0.3) is 0 Å². The maximum Gasteiger partial charge on any atom is 0.311 e. The molecule has 0 aromatic heterocycles. The highest BCUT2D eigenvalue weighted by atomic mass is 16.6. The number of ether oxygens (including phenoxy) is 2. The zero-order chi connectivity index (χ0) is 24.8. The number of hydrogen-bond acceptors (Lipinski definition) is 6. The molecule has 0 aliphatic rings. The molecule has 0 heterocycles. The van der Waals surface area contributed by atoms with Crippen LogP contribution in [0, 0.1) is 17.0 Å². The number of amides is 2. The molecule has 178 valence electrons. The van der Waals surface area contributed by atoms with Crippen molar-refractivity contribution in [1.29, 1.82) is 0 Å². The van der Waals surface area contributed by atoms with E-state index in [1.54, 1.807) is 6.92 Å². The van der Waals surface area contributed by atoms with Crippen molar-refractivity contribution in [3.05, 3.63) is 63.7 Å². The Bertz CT molecular complexity index is 1020. The first kappa shape index (κ1) is 25.6. The Kier molecular flexibility index (Phi) is 8.39. The molecule has 2 amide bonds. The molecular weight excluding hydrogens is 426 g/mol. The molecule has 0 unspecified atom stereocenters. The first-order chi connectivity index (χ1) is 15.4. The number of nitro benzene ring substituents is 1. The number of carbonyl (C=O) groups is 2. The smallest absolute Gasteiger partial charge is 0.311 e. The molecule has 0 saturated heterocycles.